The first-order chi connectivity index (χ1) is 10.4. The van der Waals surface area contributed by atoms with Gasteiger partial charge in [-0.3, -0.25) is 4.79 Å². The van der Waals surface area contributed by atoms with E-state index in [2.05, 4.69) is 12.2 Å². The fraction of sp³-hybridized carbons (Fsp3) is 0.533. The van der Waals surface area contributed by atoms with Crippen LogP contribution in [0.5, 0.6) is 0 Å². The fourth-order valence-electron chi connectivity index (χ4n) is 2.74. The number of nitrogens with one attached hydrogen (secondary N) is 1. The smallest absolute Gasteiger partial charge is 0.251 e. The predicted molar refractivity (Wildman–Crippen MR) is 90.3 cm³/mol. The van der Waals surface area contributed by atoms with Crippen LogP contribution in [0.4, 0.5) is 0 Å². The van der Waals surface area contributed by atoms with Gasteiger partial charge in [-0.05, 0) is 36.3 Å². The largest absolute Gasteiger partial charge is 0.348 e. The van der Waals surface area contributed by atoms with Crippen LogP contribution in [0.25, 0.3) is 0 Å². The molecular formula is C15H22N2O3S2. The number of nitrogens with two attached hydrogens (primary N) is 1. The Balaban J connectivity index is 1.98. The van der Waals surface area contributed by atoms with Gasteiger partial charge in [-0.15, -0.1) is 0 Å². The van der Waals surface area contributed by atoms with E-state index in [0.29, 0.717) is 16.4 Å². The third kappa shape index (κ3) is 5.00. The summed E-state index contributed by atoms with van der Waals surface area (Å²) in [5, 5.41) is 8.60. The molecule has 1 aromatic rings. The zero-order valence-corrected chi connectivity index (χ0v) is 14.3. The van der Waals surface area contributed by atoms with E-state index in [9.17, 15) is 13.2 Å². The Hall–Kier alpha value is -1.05. The molecule has 1 amide bonds. The van der Waals surface area contributed by atoms with E-state index in [1.54, 1.807) is 24.3 Å². The van der Waals surface area contributed by atoms with Crippen LogP contribution in [0.1, 0.15) is 42.1 Å². The molecule has 0 saturated heterocycles. The van der Waals surface area contributed by atoms with Crippen molar-refractivity contribution in [3.05, 3.63) is 35.4 Å². The summed E-state index contributed by atoms with van der Waals surface area (Å²) >= 11 is 1.90. The van der Waals surface area contributed by atoms with Gasteiger partial charge in [-0.1, -0.05) is 25.5 Å². The van der Waals surface area contributed by atoms with Crippen LogP contribution >= 0.6 is 11.8 Å². The van der Waals surface area contributed by atoms with E-state index in [1.165, 1.54) is 0 Å². The molecular weight excluding hydrogens is 320 g/mol. The van der Waals surface area contributed by atoms with Crippen molar-refractivity contribution in [2.24, 2.45) is 5.14 Å². The standard InChI is InChI=1S/C15H22N2O3S2/c1-2-21-14-5-3-4-13(14)17-15(18)12-8-6-11(7-9-12)10-22(16,19)20/h6-9,13-14H,2-5,10H2,1H3,(H,17,18)(H2,16,19,20)/t13-,14-/m1/s1. The van der Waals surface area contributed by atoms with Crippen molar-refractivity contribution >= 4 is 27.7 Å². The molecule has 3 N–H and O–H groups in total. The topological polar surface area (TPSA) is 89.3 Å². The zero-order chi connectivity index (χ0) is 16.2. The van der Waals surface area contributed by atoms with Gasteiger partial charge in [0.05, 0.1) is 5.75 Å². The second-order valence-corrected chi connectivity index (χ2v) is 8.64. The SMILES string of the molecule is CCS[C@@H]1CCC[C@H]1NC(=O)c1ccc(CS(N)(=O)=O)cc1. The maximum absolute atomic E-state index is 12.3. The molecule has 1 saturated carbocycles. The van der Waals surface area contributed by atoms with Crippen LogP contribution in [-0.4, -0.2) is 31.4 Å². The quantitative estimate of drug-likeness (QED) is 0.826. The van der Waals surface area contributed by atoms with Gasteiger partial charge in [0, 0.05) is 16.9 Å². The second-order valence-electron chi connectivity index (χ2n) is 5.51. The third-order valence-corrected chi connectivity index (χ3v) is 5.80. The molecule has 0 heterocycles. The lowest BCUT2D eigenvalue weighted by Crippen LogP contribution is -2.38. The molecule has 7 heteroatoms. The lowest BCUT2D eigenvalue weighted by atomic mass is 10.1. The Morgan fingerprint density at radius 2 is 2.00 bits per heavy atom. The van der Waals surface area contributed by atoms with Crippen molar-refractivity contribution < 1.29 is 13.2 Å². The molecule has 0 bridgehead atoms. The summed E-state index contributed by atoms with van der Waals surface area (Å²) in [6.45, 7) is 2.13. The van der Waals surface area contributed by atoms with E-state index in [0.717, 1.165) is 25.0 Å². The average molecular weight is 342 g/mol. The molecule has 1 aliphatic carbocycles. The van der Waals surface area contributed by atoms with E-state index in [4.69, 9.17) is 5.14 Å². The fourth-order valence-corrected chi connectivity index (χ4v) is 4.60. The Labute approximate surface area is 136 Å². The molecule has 0 aromatic heterocycles. The van der Waals surface area contributed by atoms with Crippen LogP contribution in [0.2, 0.25) is 0 Å². The molecule has 0 unspecified atom stereocenters. The highest BCUT2D eigenvalue weighted by atomic mass is 32.2. The Morgan fingerprint density at radius 1 is 1.32 bits per heavy atom. The van der Waals surface area contributed by atoms with Crippen molar-refractivity contribution in [3.63, 3.8) is 0 Å². The average Bonchev–Trinajstić information content (AvgIpc) is 2.85. The maximum Gasteiger partial charge on any atom is 0.251 e. The first-order valence-corrected chi connectivity index (χ1v) is 10.2. The Bertz CT molecular complexity index is 614. The lowest BCUT2D eigenvalue weighted by Gasteiger charge is -2.20. The molecule has 2 atom stereocenters. The summed E-state index contributed by atoms with van der Waals surface area (Å²) in [7, 11) is -3.55. The molecule has 5 nitrogen and oxygen atoms in total. The summed E-state index contributed by atoms with van der Waals surface area (Å²) in [6, 6.07) is 6.78. The van der Waals surface area contributed by atoms with Gasteiger partial charge in [0.2, 0.25) is 10.0 Å². The highest BCUT2D eigenvalue weighted by Gasteiger charge is 2.28. The van der Waals surface area contributed by atoms with Crippen molar-refractivity contribution in [2.45, 2.75) is 43.2 Å². The Kier molecular flexibility index (Phi) is 5.88. The number of rotatable bonds is 6. The van der Waals surface area contributed by atoms with Gasteiger partial charge in [0.15, 0.2) is 0 Å². The maximum atomic E-state index is 12.3. The first-order valence-electron chi connectivity index (χ1n) is 7.41. The summed E-state index contributed by atoms with van der Waals surface area (Å²) < 4.78 is 22.1. The van der Waals surface area contributed by atoms with Crippen molar-refractivity contribution in [2.75, 3.05) is 5.75 Å². The Morgan fingerprint density at radius 3 is 2.59 bits per heavy atom. The zero-order valence-electron chi connectivity index (χ0n) is 12.6. The van der Waals surface area contributed by atoms with Crippen LogP contribution in [0.3, 0.4) is 0 Å². The van der Waals surface area contributed by atoms with Gasteiger partial charge in [-0.2, -0.15) is 11.8 Å². The number of sulfonamides is 1. The molecule has 0 spiro atoms. The van der Waals surface area contributed by atoms with E-state index in [1.807, 2.05) is 11.8 Å². The van der Waals surface area contributed by atoms with Gasteiger partial charge < -0.3 is 5.32 Å². The normalized spacial score (nSPS) is 21.7. The highest BCUT2D eigenvalue weighted by Crippen LogP contribution is 2.30. The van der Waals surface area contributed by atoms with Crippen LogP contribution in [0.15, 0.2) is 24.3 Å². The van der Waals surface area contributed by atoms with Gasteiger partial charge in [-0.25, -0.2) is 13.6 Å². The van der Waals surface area contributed by atoms with Crippen molar-refractivity contribution in [3.8, 4) is 0 Å². The van der Waals surface area contributed by atoms with E-state index >= 15 is 0 Å². The minimum atomic E-state index is -3.55. The predicted octanol–water partition coefficient (Wildman–Crippen LogP) is 1.88. The van der Waals surface area contributed by atoms with Gasteiger partial charge >= 0.3 is 0 Å². The first kappa shape index (κ1) is 17.3. The molecule has 1 aliphatic rings. The molecule has 2 rings (SSSR count). The molecule has 22 heavy (non-hydrogen) atoms. The minimum Gasteiger partial charge on any atom is -0.348 e. The van der Waals surface area contributed by atoms with Gasteiger partial charge in [0.25, 0.3) is 5.91 Å². The summed E-state index contributed by atoms with van der Waals surface area (Å²) in [6.07, 6.45) is 3.32. The molecule has 0 aliphatic heterocycles. The summed E-state index contributed by atoms with van der Waals surface area (Å²) in [4.78, 5) is 12.3. The number of amides is 1. The van der Waals surface area contributed by atoms with Crippen LogP contribution in [0, 0.1) is 0 Å². The third-order valence-electron chi connectivity index (χ3n) is 3.73. The molecule has 122 valence electrons. The minimum absolute atomic E-state index is 0.101. The monoisotopic (exact) mass is 342 g/mol. The lowest BCUT2D eigenvalue weighted by molar-refractivity contribution is 0.0938. The van der Waals surface area contributed by atoms with Crippen LogP contribution < -0.4 is 10.5 Å². The highest BCUT2D eigenvalue weighted by molar-refractivity contribution is 7.99. The van der Waals surface area contributed by atoms with E-state index < -0.39 is 10.0 Å². The number of carbonyl (C=O) groups is 1. The number of thioether (sulfide) groups is 1. The molecule has 1 fully saturated rings. The van der Waals surface area contributed by atoms with E-state index in [-0.39, 0.29) is 17.7 Å². The summed E-state index contributed by atoms with van der Waals surface area (Å²) in [5.74, 6) is 0.738. The number of hydrogen-bond acceptors (Lipinski definition) is 4. The van der Waals surface area contributed by atoms with Crippen LogP contribution in [-0.2, 0) is 15.8 Å². The molecule has 1 aromatic carbocycles. The van der Waals surface area contributed by atoms with Gasteiger partial charge in [0.1, 0.15) is 0 Å². The van der Waals surface area contributed by atoms with Crippen molar-refractivity contribution in [1.82, 2.24) is 5.32 Å². The number of carbonyl (C=O) groups excluding carboxylic acids is 1. The number of benzene rings is 1. The second kappa shape index (κ2) is 7.48. The molecule has 0 radical (unpaired) electrons. The number of hydrogen-bond donors (Lipinski definition) is 2. The van der Waals surface area contributed by atoms with Crippen molar-refractivity contribution in [1.29, 1.82) is 0 Å². The summed E-state index contributed by atoms with van der Waals surface area (Å²) in [5.41, 5.74) is 1.13. The number of primary sulfonamides is 1.